The molecular weight excluding hydrogens is 537 g/mol. The molecule has 12 heteroatoms. The molecule has 0 aliphatic heterocycles. The predicted molar refractivity (Wildman–Crippen MR) is 148 cm³/mol. The van der Waals surface area contributed by atoms with E-state index >= 15 is 0 Å². The number of nitro groups is 2. The van der Waals surface area contributed by atoms with Crippen LogP contribution in [0, 0.1) is 34.1 Å². The molecule has 182 valence electrons. The second-order valence-corrected chi connectivity index (χ2v) is 12.6. The largest absolute Gasteiger partial charge is 0.270 e. The van der Waals surface area contributed by atoms with E-state index in [9.17, 15) is 20.2 Å². The highest BCUT2D eigenvalue weighted by Crippen LogP contribution is 2.36. The first kappa shape index (κ1) is 24.6. The van der Waals surface area contributed by atoms with Gasteiger partial charge in [0.2, 0.25) is 0 Å². The molecule has 8 nitrogen and oxygen atoms in total. The van der Waals surface area contributed by atoms with Gasteiger partial charge in [0, 0.05) is 35.8 Å². The minimum absolute atomic E-state index is 0.0785. The van der Waals surface area contributed by atoms with Gasteiger partial charge in [-0.15, -0.1) is 22.7 Å². The SMILES string of the molecule is Cc1cc(CSc2nc3ccc([N+](=O)[O-])cc3s2)c(C)cc1CSc1nc2ccc([N+](=O)[O-])cc2s1. The van der Waals surface area contributed by atoms with Gasteiger partial charge in [-0.25, -0.2) is 9.97 Å². The van der Waals surface area contributed by atoms with Gasteiger partial charge in [-0.05, 0) is 48.2 Å². The van der Waals surface area contributed by atoms with Crippen molar-refractivity contribution < 1.29 is 9.85 Å². The number of thioether (sulfide) groups is 2. The summed E-state index contributed by atoms with van der Waals surface area (Å²) in [6, 6.07) is 13.9. The number of thiazole rings is 2. The Morgan fingerprint density at radius 1 is 0.722 bits per heavy atom. The van der Waals surface area contributed by atoms with E-state index in [1.807, 2.05) is 0 Å². The van der Waals surface area contributed by atoms with Crippen molar-refractivity contribution in [1.82, 2.24) is 9.97 Å². The highest BCUT2D eigenvalue weighted by molar-refractivity contribution is 8.00. The van der Waals surface area contributed by atoms with Crippen molar-refractivity contribution in [3.05, 3.63) is 91.0 Å². The van der Waals surface area contributed by atoms with Crippen LogP contribution in [0.3, 0.4) is 0 Å². The van der Waals surface area contributed by atoms with Gasteiger partial charge in [-0.3, -0.25) is 20.2 Å². The molecule has 0 unspecified atom stereocenters. The first-order valence-electron chi connectivity index (χ1n) is 10.7. The number of hydrogen-bond acceptors (Lipinski definition) is 10. The lowest BCUT2D eigenvalue weighted by Crippen LogP contribution is -1.94. The molecule has 0 aliphatic carbocycles. The summed E-state index contributed by atoms with van der Waals surface area (Å²) < 4.78 is 3.41. The Hall–Kier alpha value is -3.06. The summed E-state index contributed by atoms with van der Waals surface area (Å²) in [4.78, 5) is 30.5. The summed E-state index contributed by atoms with van der Waals surface area (Å²) in [6.07, 6.45) is 0. The van der Waals surface area contributed by atoms with Crippen molar-refractivity contribution in [1.29, 1.82) is 0 Å². The van der Waals surface area contributed by atoms with Crippen molar-refractivity contribution in [2.45, 2.75) is 34.0 Å². The van der Waals surface area contributed by atoms with Crippen molar-refractivity contribution in [3.8, 4) is 0 Å². The second-order valence-electron chi connectivity index (χ2n) is 8.06. The Morgan fingerprint density at radius 3 is 1.53 bits per heavy atom. The van der Waals surface area contributed by atoms with E-state index in [0.29, 0.717) is 0 Å². The number of non-ortho nitro benzene ring substituents is 2. The zero-order chi connectivity index (χ0) is 25.4. The van der Waals surface area contributed by atoms with E-state index in [1.165, 1.54) is 57.1 Å². The van der Waals surface area contributed by atoms with Crippen LogP contribution in [0.2, 0.25) is 0 Å². The van der Waals surface area contributed by atoms with Crippen molar-refractivity contribution in [3.63, 3.8) is 0 Å². The van der Waals surface area contributed by atoms with Crippen LogP contribution >= 0.6 is 46.2 Å². The Labute approximate surface area is 222 Å². The average molecular weight is 555 g/mol. The number of hydrogen-bond donors (Lipinski definition) is 0. The number of aromatic nitrogens is 2. The van der Waals surface area contributed by atoms with Crippen LogP contribution < -0.4 is 0 Å². The van der Waals surface area contributed by atoms with Crippen LogP contribution in [0.1, 0.15) is 22.3 Å². The Balaban J connectivity index is 1.26. The topological polar surface area (TPSA) is 112 Å². The smallest absolute Gasteiger partial charge is 0.258 e. The van der Waals surface area contributed by atoms with Crippen LogP contribution in [0.5, 0.6) is 0 Å². The quantitative estimate of drug-likeness (QED) is 0.108. The number of rotatable bonds is 8. The third-order valence-corrected chi connectivity index (χ3v) is 10.0. The molecule has 2 aromatic heterocycles. The molecule has 3 aromatic carbocycles. The fraction of sp³-hybridized carbons (Fsp3) is 0.167. The Kier molecular flexibility index (Phi) is 6.93. The van der Waals surface area contributed by atoms with Gasteiger partial charge in [-0.2, -0.15) is 0 Å². The maximum absolute atomic E-state index is 11.0. The van der Waals surface area contributed by atoms with Gasteiger partial charge in [0.25, 0.3) is 11.4 Å². The normalized spacial score (nSPS) is 11.4. The number of nitrogens with zero attached hydrogens (tertiary/aromatic N) is 4. The Morgan fingerprint density at radius 2 is 1.14 bits per heavy atom. The molecule has 0 saturated heterocycles. The van der Waals surface area contributed by atoms with Crippen molar-refractivity contribution >= 4 is 78.0 Å². The number of benzene rings is 3. The van der Waals surface area contributed by atoms with E-state index in [-0.39, 0.29) is 21.2 Å². The van der Waals surface area contributed by atoms with Crippen LogP contribution in [0.4, 0.5) is 11.4 Å². The summed E-state index contributed by atoms with van der Waals surface area (Å²) >= 11 is 6.21. The van der Waals surface area contributed by atoms with Gasteiger partial charge >= 0.3 is 0 Å². The number of aryl methyl sites for hydroxylation is 2. The predicted octanol–water partition coefficient (Wildman–Crippen LogP) is 7.92. The molecule has 0 aliphatic rings. The first-order valence-corrected chi connectivity index (χ1v) is 14.3. The zero-order valence-electron chi connectivity index (χ0n) is 19.1. The highest BCUT2D eigenvalue weighted by atomic mass is 32.2. The minimum Gasteiger partial charge on any atom is -0.258 e. The monoisotopic (exact) mass is 554 g/mol. The lowest BCUT2D eigenvalue weighted by molar-refractivity contribution is -0.384. The van der Waals surface area contributed by atoms with Crippen molar-refractivity contribution in [2.75, 3.05) is 0 Å². The summed E-state index contributed by atoms with van der Waals surface area (Å²) in [5.41, 5.74) is 6.55. The molecule has 2 heterocycles. The molecule has 36 heavy (non-hydrogen) atoms. The van der Waals surface area contributed by atoms with Gasteiger partial charge in [-0.1, -0.05) is 35.7 Å². The van der Waals surface area contributed by atoms with Gasteiger partial charge in [0.1, 0.15) is 0 Å². The molecule has 5 aromatic rings. The molecule has 0 radical (unpaired) electrons. The van der Waals surface area contributed by atoms with Crippen LogP contribution in [0.15, 0.2) is 57.2 Å². The van der Waals surface area contributed by atoms with Gasteiger partial charge in [0.05, 0.1) is 30.3 Å². The van der Waals surface area contributed by atoms with Crippen molar-refractivity contribution in [2.24, 2.45) is 0 Å². The molecule has 0 atom stereocenters. The molecule has 5 rings (SSSR count). The first-order chi connectivity index (χ1) is 17.3. The number of fused-ring (bicyclic) bond motifs is 2. The molecule has 0 N–H and O–H groups in total. The van der Waals surface area contributed by atoms with Gasteiger partial charge in [0.15, 0.2) is 8.68 Å². The molecule has 0 fully saturated rings. The van der Waals surface area contributed by atoms with Crippen LogP contribution in [0.25, 0.3) is 20.4 Å². The maximum atomic E-state index is 11.0. The lowest BCUT2D eigenvalue weighted by Gasteiger charge is -2.11. The lowest BCUT2D eigenvalue weighted by atomic mass is 10.0. The summed E-state index contributed by atoms with van der Waals surface area (Å²) in [7, 11) is 0. The maximum Gasteiger partial charge on any atom is 0.270 e. The standard InChI is InChI=1S/C24H18N4O4S4/c1-13-7-16(12-34-24-26-20-6-4-18(28(31)32)10-22(20)36-24)14(2)8-15(13)11-33-23-25-19-5-3-17(27(29)30)9-21(19)35-23/h3-10H,11-12H2,1-2H3. The minimum atomic E-state index is -0.388. The van der Waals surface area contributed by atoms with Crippen LogP contribution in [-0.2, 0) is 11.5 Å². The van der Waals surface area contributed by atoms with E-state index in [1.54, 1.807) is 47.8 Å². The summed E-state index contributed by atoms with van der Waals surface area (Å²) in [5.74, 6) is 1.53. The third kappa shape index (κ3) is 5.21. The van der Waals surface area contributed by atoms with E-state index < -0.39 is 0 Å². The average Bonchev–Trinajstić information content (AvgIpc) is 3.45. The van der Waals surface area contributed by atoms with E-state index in [0.717, 1.165) is 40.6 Å². The molecular formula is C24H18N4O4S4. The third-order valence-electron chi connectivity index (χ3n) is 5.62. The van der Waals surface area contributed by atoms with Crippen LogP contribution in [-0.4, -0.2) is 19.8 Å². The molecule has 0 saturated carbocycles. The van der Waals surface area contributed by atoms with E-state index in [2.05, 4.69) is 35.9 Å². The number of nitro benzene ring substituents is 2. The summed E-state index contributed by atoms with van der Waals surface area (Å²) in [5, 5.41) is 22.0. The molecule has 0 bridgehead atoms. The zero-order valence-corrected chi connectivity index (χ0v) is 22.4. The summed E-state index contributed by atoms with van der Waals surface area (Å²) in [6.45, 7) is 4.20. The fourth-order valence-electron chi connectivity index (χ4n) is 3.66. The Bertz CT molecular complexity index is 1520. The molecule has 0 amide bonds. The van der Waals surface area contributed by atoms with Gasteiger partial charge < -0.3 is 0 Å². The molecule has 0 spiro atoms. The van der Waals surface area contributed by atoms with E-state index in [4.69, 9.17) is 0 Å². The fourth-order valence-corrected chi connectivity index (χ4v) is 7.99. The highest BCUT2D eigenvalue weighted by Gasteiger charge is 2.14. The second kappa shape index (κ2) is 10.1.